The molecule has 2 aromatic carbocycles. The van der Waals surface area contributed by atoms with Crippen LogP contribution in [0.25, 0.3) is 11.1 Å². The predicted octanol–water partition coefficient (Wildman–Crippen LogP) is 3.07. The van der Waals surface area contributed by atoms with Crippen LogP contribution in [-0.2, 0) is 0 Å². The number of carbonyl (C=O) groups is 1. The molecule has 4 rings (SSSR count). The number of halogens is 2. The average Bonchev–Trinajstić information content (AvgIpc) is 3.08. The van der Waals surface area contributed by atoms with Gasteiger partial charge in [0.25, 0.3) is 11.9 Å². The van der Waals surface area contributed by atoms with Crippen LogP contribution in [0.5, 0.6) is 0 Å². The topological polar surface area (TPSA) is 49.6 Å². The van der Waals surface area contributed by atoms with Crippen molar-refractivity contribution in [3.05, 3.63) is 59.7 Å². The quantitative estimate of drug-likeness (QED) is 0.718. The molecular weight excluding hydrogens is 328 g/mol. The van der Waals surface area contributed by atoms with Gasteiger partial charge < -0.3 is 14.2 Å². The van der Waals surface area contributed by atoms with Gasteiger partial charge in [-0.1, -0.05) is 12.1 Å². The molecule has 1 saturated heterocycles. The Labute approximate surface area is 142 Å². The van der Waals surface area contributed by atoms with E-state index in [1.807, 2.05) is 29.2 Å². The molecule has 5 nitrogen and oxygen atoms in total. The molecule has 7 heteroatoms. The molecule has 1 aliphatic heterocycles. The number of aromatic nitrogens is 1. The van der Waals surface area contributed by atoms with E-state index in [1.165, 1.54) is 6.07 Å². The minimum atomic E-state index is -1.02. The molecule has 1 aliphatic rings. The summed E-state index contributed by atoms with van der Waals surface area (Å²) in [6, 6.07) is 11.2. The summed E-state index contributed by atoms with van der Waals surface area (Å²) < 4.78 is 32.1. The third-order valence-electron chi connectivity index (χ3n) is 4.29. The number of carbonyl (C=O) groups excluding carboxylic acids is 1. The highest BCUT2D eigenvalue weighted by Crippen LogP contribution is 2.23. The number of fused-ring (bicyclic) bond motifs is 1. The second-order valence-corrected chi connectivity index (χ2v) is 5.87. The van der Waals surface area contributed by atoms with Gasteiger partial charge in [-0.15, -0.1) is 0 Å². The van der Waals surface area contributed by atoms with Crippen LogP contribution in [0.2, 0.25) is 0 Å². The maximum absolute atomic E-state index is 13.3. The zero-order chi connectivity index (χ0) is 17.4. The van der Waals surface area contributed by atoms with Crippen molar-refractivity contribution >= 4 is 23.0 Å². The van der Waals surface area contributed by atoms with Crippen LogP contribution in [-0.4, -0.2) is 42.0 Å². The number of oxazole rings is 1. The molecule has 0 atom stereocenters. The third kappa shape index (κ3) is 2.93. The summed E-state index contributed by atoms with van der Waals surface area (Å²) in [4.78, 5) is 20.5. The Bertz CT molecular complexity index is 900. The largest absolute Gasteiger partial charge is 0.423 e. The summed E-state index contributed by atoms with van der Waals surface area (Å²) in [6.07, 6.45) is 0. The summed E-state index contributed by atoms with van der Waals surface area (Å²) in [7, 11) is 0. The van der Waals surface area contributed by atoms with Crippen molar-refractivity contribution < 1.29 is 18.0 Å². The monoisotopic (exact) mass is 343 g/mol. The molecule has 0 saturated carbocycles. The number of hydrogen-bond donors (Lipinski definition) is 0. The minimum Gasteiger partial charge on any atom is -0.423 e. The SMILES string of the molecule is O=C(c1ccc(F)c(F)c1)N1CCN(c2nc3ccccc3o2)CC1. The van der Waals surface area contributed by atoms with E-state index in [4.69, 9.17) is 4.42 Å². The first-order valence-electron chi connectivity index (χ1n) is 7.97. The first-order valence-corrected chi connectivity index (χ1v) is 7.97. The number of amides is 1. The Morgan fingerprint density at radius 2 is 1.76 bits per heavy atom. The van der Waals surface area contributed by atoms with Gasteiger partial charge in [0.15, 0.2) is 17.2 Å². The van der Waals surface area contributed by atoms with Crippen molar-refractivity contribution in [1.29, 1.82) is 0 Å². The molecule has 1 aromatic heterocycles. The van der Waals surface area contributed by atoms with Crippen LogP contribution in [0.1, 0.15) is 10.4 Å². The number of piperazine rings is 1. The van der Waals surface area contributed by atoms with E-state index in [1.54, 1.807) is 4.90 Å². The highest BCUT2D eigenvalue weighted by molar-refractivity contribution is 5.94. The number of rotatable bonds is 2. The maximum atomic E-state index is 13.3. The van der Waals surface area contributed by atoms with Crippen molar-refractivity contribution in [3.8, 4) is 0 Å². The zero-order valence-electron chi connectivity index (χ0n) is 13.3. The predicted molar refractivity (Wildman–Crippen MR) is 88.5 cm³/mol. The van der Waals surface area contributed by atoms with Gasteiger partial charge in [-0.05, 0) is 30.3 Å². The Morgan fingerprint density at radius 1 is 1.00 bits per heavy atom. The van der Waals surface area contributed by atoms with Crippen molar-refractivity contribution in [2.75, 3.05) is 31.1 Å². The molecule has 0 aliphatic carbocycles. The van der Waals surface area contributed by atoms with Crippen molar-refractivity contribution in [2.24, 2.45) is 0 Å². The van der Waals surface area contributed by atoms with Crippen molar-refractivity contribution in [2.45, 2.75) is 0 Å². The second kappa shape index (κ2) is 6.16. The molecular formula is C18H15F2N3O2. The fourth-order valence-electron chi connectivity index (χ4n) is 2.91. The number of hydrogen-bond acceptors (Lipinski definition) is 4. The van der Waals surface area contributed by atoms with Gasteiger partial charge in [0.1, 0.15) is 5.52 Å². The van der Waals surface area contributed by atoms with Crippen LogP contribution in [0, 0.1) is 11.6 Å². The molecule has 0 radical (unpaired) electrons. The maximum Gasteiger partial charge on any atom is 0.298 e. The number of nitrogens with zero attached hydrogens (tertiary/aromatic N) is 3. The molecule has 2 heterocycles. The Hall–Kier alpha value is -2.96. The fraction of sp³-hybridized carbons (Fsp3) is 0.222. The summed E-state index contributed by atoms with van der Waals surface area (Å²) in [5.41, 5.74) is 1.66. The van der Waals surface area contributed by atoms with E-state index in [9.17, 15) is 13.6 Å². The first kappa shape index (κ1) is 15.6. The lowest BCUT2D eigenvalue weighted by Gasteiger charge is -2.33. The Kier molecular flexibility index (Phi) is 3.83. The molecule has 3 aromatic rings. The van der Waals surface area contributed by atoms with Crippen LogP contribution < -0.4 is 4.90 Å². The molecule has 128 valence electrons. The Balaban J connectivity index is 1.45. The standard InChI is InChI=1S/C18H15F2N3O2/c19-13-6-5-12(11-14(13)20)17(24)22-7-9-23(10-8-22)18-21-15-3-1-2-4-16(15)25-18/h1-6,11H,7-10H2. The van der Waals surface area contributed by atoms with E-state index >= 15 is 0 Å². The van der Waals surface area contributed by atoms with Crippen LogP contribution in [0.3, 0.4) is 0 Å². The highest BCUT2D eigenvalue weighted by atomic mass is 19.2. The van der Waals surface area contributed by atoms with Gasteiger partial charge in [-0.3, -0.25) is 4.79 Å². The lowest BCUT2D eigenvalue weighted by Crippen LogP contribution is -2.49. The summed E-state index contributed by atoms with van der Waals surface area (Å²) >= 11 is 0. The van der Waals surface area contributed by atoms with Crippen molar-refractivity contribution in [3.63, 3.8) is 0 Å². The third-order valence-corrected chi connectivity index (χ3v) is 4.29. The minimum absolute atomic E-state index is 0.147. The van der Waals surface area contributed by atoms with E-state index in [0.717, 1.165) is 23.2 Å². The number of benzene rings is 2. The van der Waals surface area contributed by atoms with Crippen molar-refractivity contribution in [1.82, 2.24) is 9.88 Å². The van der Waals surface area contributed by atoms with Gasteiger partial charge in [-0.2, -0.15) is 4.98 Å². The van der Waals surface area contributed by atoms with E-state index < -0.39 is 11.6 Å². The van der Waals surface area contributed by atoms with Crippen LogP contribution in [0.15, 0.2) is 46.9 Å². The lowest BCUT2D eigenvalue weighted by molar-refractivity contribution is 0.0744. The van der Waals surface area contributed by atoms with Gasteiger partial charge >= 0.3 is 0 Å². The van der Waals surface area contributed by atoms with E-state index in [0.29, 0.717) is 32.2 Å². The lowest BCUT2D eigenvalue weighted by atomic mass is 10.1. The average molecular weight is 343 g/mol. The summed E-state index contributed by atoms with van der Waals surface area (Å²) in [5.74, 6) is -2.29. The molecule has 1 amide bonds. The number of anilines is 1. The van der Waals surface area contributed by atoms with Gasteiger partial charge in [0.05, 0.1) is 0 Å². The van der Waals surface area contributed by atoms with E-state index in [-0.39, 0.29) is 11.5 Å². The second-order valence-electron chi connectivity index (χ2n) is 5.87. The molecule has 0 N–H and O–H groups in total. The Morgan fingerprint density at radius 3 is 2.48 bits per heavy atom. The first-order chi connectivity index (χ1) is 12.1. The fourth-order valence-corrected chi connectivity index (χ4v) is 2.91. The van der Waals surface area contributed by atoms with Gasteiger partial charge in [-0.25, -0.2) is 8.78 Å². The van der Waals surface area contributed by atoms with Crippen LogP contribution >= 0.6 is 0 Å². The van der Waals surface area contributed by atoms with E-state index in [2.05, 4.69) is 4.98 Å². The number of para-hydroxylation sites is 2. The normalized spacial score (nSPS) is 15.0. The summed E-state index contributed by atoms with van der Waals surface area (Å²) in [5, 5.41) is 0. The molecule has 1 fully saturated rings. The molecule has 0 spiro atoms. The van der Waals surface area contributed by atoms with Gasteiger partial charge in [0.2, 0.25) is 0 Å². The molecule has 0 bridgehead atoms. The highest BCUT2D eigenvalue weighted by Gasteiger charge is 2.25. The molecule has 25 heavy (non-hydrogen) atoms. The molecule has 0 unspecified atom stereocenters. The van der Waals surface area contributed by atoms with Gasteiger partial charge in [0, 0.05) is 31.7 Å². The van der Waals surface area contributed by atoms with Crippen LogP contribution in [0.4, 0.5) is 14.8 Å². The summed E-state index contributed by atoms with van der Waals surface area (Å²) in [6.45, 7) is 2.03. The zero-order valence-corrected chi connectivity index (χ0v) is 13.3. The smallest absolute Gasteiger partial charge is 0.298 e.